The van der Waals surface area contributed by atoms with Gasteiger partial charge in [0.1, 0.15) is 11.2 Å². The van der Waals surface area contributed by atoms with Gasteiger partial charge in [-0.1, -0.05) is 127 Å². The van der Waals surface area contributed by atoms with Crippen molar-refractivity contribution in [1.82, 2.24) is 4.57 Å². The molecule has 4 heteroatoms. The monoisotopic (exact) mass is 758 g/mol. The van der Waals surface area contributed by atoms with Crippen molar-refractivity contribution < 1.29 is 4.42 Å². The molecule has 0 aliphatic carbocycles. The summed E-state index contributed by atoms with van der Waals surface area (Å²) in [6.45, 7) is 0. The first-order valence-electron chi connectivity index (χ1n) is 19.7. The molecule has 9 aromatic carbocycles. The number of rotatable bonds is 6. The Kier molecular flexibility index (Phi) is 7.40. The molecule has 0 amide bonds. The highest BCUT2D eigenvalue weighted by molar-refractivity contribution is 7.25. The van der Waals surface area contributed by atoms with E-state index < -0.39 is 0 Å². The third-order valence-corrected chi connectivity index (χ3v) is 12.7. The molecular formula is C54H34N2OS. The van der Waals surface area contributed by atoms with Gasteiger partial charge in [0.15, 0.2) is 0 Å². The smallest absolute Gasteiger partial charge is 0.138 e. The van der Waals surface area contributed by atoms with Crippen molar-refractivity contribution >= 4 is 92.3 Å². The largest absolute Gasteiger partial charge is 0.456 e. The zero-order chi connectivity index (χ0) is 38.2. The molecule has 0 spiro atoms. The first kappa shape index (κ1) is 32.8. The molecule has 0 unspecified atom stereocenters. The van der Waals surface area contributed by atoms with Crippen LogP contribution in [0.1, 0.15) is 0 Å². The van der Waals surface area contributed by atoms with Gasteiger partial charge < -0.3 is 13.9 Å². The predicted octanol–water partition coefficient (Wildman–Crippen LogP) is 15.9. The Morgan fingerprint density at radius 1 is 0.397 bits per heavy atom. The van der Waals surface area contributed by atoms with E-state index in [1.165, 1.54) is 47.6 Å². The fourth-order valence-electron chi connectivity index (χ4n) is 9.08. The molecule has 0 aliphatic rings. The van der Waals surface area contributed by atoms with Crippen LogP contribution in [0.15, 0.2) is 211 Å². The maximum Gasteiger partial charge on any atom is 0.138 e. The van der Waals surface area contributed by atoms with Crippen molar-refractivity contribution in [3.8, 4) is 27.9 Å². The molecular weight excluding hydrogens is 725 g/mol. The minimum Gasteiger partial charge on any atom is -0.456 e. The van der Waals surface area contributed by atoms with Gasteiger partial charge in [0.2, 0.25) is 0 Å². The maximum absolute atomic E-state index is 6.71. The summed E-state index contributed by atoms with van der Waals surface area (Å²) in [5.41, 5.74) is 13.2. The number of hydrogen-bond donors (Lipinski definition) is 0. The van der Waals surface area contributed by atoms with E-state index in [0.29, 0.717) is 0 Å². The van der Waals surface area contributed by atoms with Crippen LogP contribution >= 0.6 is 11.3 Å². The third kappa shape index (κ3) is 5.05. The normalized spacial score (nSPS) is 11.8. The van der Waals surface area contributed by atoms with Crippen LogP contribution < -0.4 is 4.90 Å². The highest BCUT2D eigenvalue weighted by Crippen LogP contribution is 2.49. The minimum absolute atomic E-state index is 0.876. The van der Waals surface area contributed by atoms with Gasteiger partial charge in [-0.3, -0.25) is 0 Å². The Morgan fingerprint density at radius 3 is 1.83 bits per heavy atom. The van der Waals surface area contributed by atoms with Crippen LogP contribution in [0, 0.1) is 0 Å². The van der Waals surface area contributed by atoms with Crippen LogP contribution in [0.3, 0.4) is 0 Å². The van der Waals surface area contributed by atoms with E-state index in [9.17, 15) is 0 Å². The Bertz CT molecular complexity index is 3490. The number of hydrogen-bond acceptors (Lipinski definition) is 3. The zero-order valence-electron chi connectivity index (χ0n) is 31.3. The topological polar surface area (TPSA) is 21.3 Å². The molecule has 0 atom stereocenters. The Hall–Kier alpha value is -7.40. The first-order chi connectivity index (χ1) is 28.8. The maximum atomic E-state index is 6.71. The van der Waals surface area contributed by atoms with Gasteiger partial charge in [-0.25, -0.2) is 0 Å². The van der Waals surface area contributed by atoms with E-state index in [1.54, 1.807) is 0 Å². The number of furan rings is 1. The lowest BCUT2D eigenvalue weighted by Gasteiger charge is -2.26. The number of para-hydroxylation sites is 2. The van der Waals surface area contributed by atoms with Crippen molar-refractivity contribution in [3.63, 3.8) is 0 Å². The van der Waals surface area contributed by atoms with Crippen molar-refractivity contribution in [3.05, 3.63) is 206 Å². The lowest BCUT2D eigenvalue weighted by Crippen LogP contribution is -2.09. The van der Waals surface area contributed by atoms with Gasteiger partial charge in [-0.05, 0) is 89.5 Å². The van der Waals surface area contributed by atoms with Crippen molar-refractivity contribution in [2.45, 2.75) is 0 Å². The fraction of sp³-hybridized carbons (Fsp3) is 0. The molecule has 0 aliphatic heterocycles. The lowest BCUT2D eigenvalue weighted by atomic mass is 9.92. The average Bonchev–Trinajstić information content (AvgIpc) is 3.96. The van der Waals surface area contributed by atoms with Crippen LogP contribution in [-0.4, -0.2) is 4.57 Å². The van der Waals surface area contributed by atoms with Gasteiger partial charge in [0, 0.05) is 76.1 Å². The third-order valence-electron chi connectivity index (χ3n) is 11.6. The molecule has 272 valence electrons. The number of nitrogens with zero attached hydrogens (tertiary/aromatic N) is 2. The molecule has 0 saturated heterocycles. The molecule has 12 rings (SSSR count). The quantitative estimate of drug-likeness (QED) is 0.168. The molecule has 3 heterocycles. The summed E-state index contributed by atoms with van der Waals surface area (Å²) in [5.74, 6) is 0. The summed E-state index contributed by atoms with van der Waals surface area (Å²) in [5, 5.41) is 7.27. The van der Waals surface area contributed by atoms with Crippen LogP contribution in [0.4, 0.5) is 17.1 Å². The number of fused-ring (bicyclic) bond motifs is 9. The van der Waals surface area contributed by atoms with Gasteiger partial charge >= 0.3 is 0 Å². The fourth-order valence-corrected chi connectivity index (χ4v) is 10.2. The SMILES string of the molecule is c1ccc(-c2cccc3c2c2c(-c4ccccc4)c4c(cc2n3-c2ccc(N(c3ccccc3)c3ccc5sc6ccccc6c5c3)cc2)oc2ccccc24)cc1. The zero-order valence-corrected chi connectivity index (χ0v) is 32.2. The first-order valence-corrected chi connectivity index (χ1v) is 20.5. The molecule has 58 heavy (non-hydrogen) atoms. The molecule has 0 bridgehead atoms. The second kappa shape index (κ2) is 13.1. The number of anilines is 3. The van der Waals surface area contributed by atoms with Gasteiger partial charge in [0.05, 0.1) is 11.0 Å². The van der Waals surface area contributed by atoms with Crippen molar-refractivity contribution in [2.24, 2.45) is 0 Å². The Balaban J connectivity index is 1.12. The highest BCUT2D eigenvalue weighted by atomic mass is 32.1. The van der Waals surface area contributed by atoms with E-state index in [-0.39, 0.29) is 0 Å². The minimum atomic E-state index is 0.876. The summed E-state index contributed by atoms with van der Waals surface area (Å²) in [6.07, 6.45) is 0. The van der Waals surface area contributed by atoms with E-state index in [1.807, 2.05) is 11.3 Å². The lowest BCUT2D eigenvalue weighted by molar-refractivity contribution is 0.669. The summed E-state index contributed by atoms with van der Waals surface area (Å²) in [4.78, 5) is 2.36. The summed E-state index contributed by atoms with van der Waals surface area (Å²) in [7, 11) is 0. The standard InChI is InChI=1S/C54H34N2OS/c1-4-15-35(16-5-1)41-23-14-24-45-52(41)54-46(34-48-53(43-22-10-12-25-47(43)57-48)51(54)36-17-6-2-7-18-36)56(45)39-29-27-38(28-30-39)55(37-19-8-3-9-20-37)40-31-32-50-44(33-40)42-21-11-13-26-49(42)58-50/h1-34H. The summed E-state index contributed by atoms with van der Waals surface area (Å²) < 4.78 is 11.7. The average molecular weight is 759 g/mol. The Labute approximate surface area is 338 Å². The molecule has 3 aromatic heterocycles. The highest BCUT2D eigenvalue weighted by Gasteiger charge is 2.25. The second-order valence-corrected chi connectivity index (χ2v) is 15.9. The molecule has 0 radical (unpaired) electrons. The van der Waals surface area contributed by atoms with Crippen LogP contribution in [0.5, 0.6) is 0 Å². The van der Waals surface area contributed by atoms with Crippen molar-refractivity contribution in [2.75, 3.05) is 4.90 Å². The van der Waals surface area contributed by atoms with Crippen LogP contribution in [0.2, 0.25) is 0 Å². The van der Waals surface area contributed by atoms with Crippen molar-refractivity contribution in [1.29, 1.82) is 0 Å². The molecule has 0 fully saturated rings. The number of benzene rings is 9. The summed E-state index contributed by atoms with van der Waals surface area (Å²) in [6, 6.07) is 74.3. The molecule has 12 aromatic rings. The second-order valence-electron chi connectivity index (χ2n) is 14.9. The predicted molar refractivity (Wildman–Crippen MR) is 247 cm³/mol. The number of thiophene rings is 1. The van der Waals surface area contributed by atoms with Gasteiger partial charge in [0.25, 0.3) is 0 Å². The summed E-state index contributed by atoms with van der Waals surface area (Å²) >= 11 is 1.85. The van der Waals surface area contributed by atoms with Gasteiger partial charge in [-0.2, -0.15) is 0 Å². The van der Waals surface area contributed by atoms with Crippen LogP contribution in [-0.2, 0) is 0 Å². The van der Waals surface area contributed by atoms with E-state index in [4.69, 9.17) is 4.42 Å². The van der Waals surface area contributed by atoms with E-state index >= 15 is 0 Å². The molecule has 0 N–H and O–H groups in total. The molecule has 0 saturated carbocycles. The van der Waals surface area contributed by atoms with E-state index in [2.05, 4.69) is 216 Å². The molecule has 3 nitrogen and oxygen atoms in total. The van der Waals surface area contributed by atoms with Gasteiger partial charge in [-0.15, -0.1) is 11.3 Å². The Morgan fingerprint density at radius 2 is 1.03 bits per heavy atom. The van der Waals surface area contributed by atoms with Crippen LogP contribution in [0.25, 0.3) is 91.9 Å². The number of aromatic nitrogens is 1. The van der Waals surface area contributed by atoms with E-state index in [0.717, 1.165) is 61.3 Å².